The number of carbonyl (C=O) groups excluding carboxylic acids is 5. The van der Waals surface area contributed by atoms with Crippen LogP contribution in [0.4, 0.5) is 0 Å². The van der Waals surface area contributed by atoms with Crippen LogP contribution in [0.2, 0.25) is 10.0 Å². The van der Waals surface area contributed by atoms with Crippen LogP contribution in [0.1, 0.15) is 43.6 Å². The predicted molar refractivity (Wildman–Crippen MR) is 110 cm³/mol. The number of cyclic esters (lactones) is 1. The van der Waals surface area contributed by atoms with Crippen molar-refractivity contribution in [2.24, 2.45) is 16.7 Å². The lowest BCUT2D eigenvalue weighted by Gasteiger charge is -2.40. The van der Waals surface area contributed by atoms with E-state index in [1.165, 1.54) is 39.8 Å². The van der Waals surface area contributed by atoms with Gasteiger partial charge < -0.3 is 4.74 Å². The normalized spacial score (nSPS) is 20.9. The molecule has 0 saturated heterocycles. The number of benzene rings is 1. The smallest absolute Gasteiger partial charge is 0.334 e. The van der Waals surface area contributed by atoms with Gasteiger partial charge in [0.2, 0.25) is 0 Å². The fourth-order valence-corrected chi connectivity index (χ4v) is 4.52. The average Bonchev–Trinajstić information content (AvgIpc) is 3.07. The summed E-state index contributed by atoms with van der Waals surface area (Å²) in [6.45, 7) is 5.81. The van der Waals surface area contributed by atoms with Crippen LogP contribution in [-0.2, 0) is 30.3 Å². The van der Waals surface area contributed by atoms with Gasteiger partial charge in [0.25, 0.3) is 0 Å². The summed E-state index contributed by atoms with van der Waals surface area (Å²) in [4.78, 5) is 63.6. The molecule has 1 aromatic rings. The summed E-state index contributed by atoms with van der Waals surface area (Å²) in [5.41, 5.74) is -2.37. The molecule has 158 valence electrons. The van der Waals surface area contributed by atoms with Gasteiger partial charge in [-0.2, -0.15) is 0 Å². The maximum Gasteiger partial charge on any atom is 0.334 e. The van der Waals surface area contributed by atoms with E-state index in [1.54, 1.807) is 6.08 Å². The zero-order chi connectivity index (χ0) is 22.6. The van der Waals surface area contributed by atoms with Gasteiger partial charge in [-0.3, -0.25) is 19.2 Å². The number of ketones is 4. The number of hydrogen-bond donors (Lipinski definition) is 0. The Morgan fingerprint density at radius 3 is 2.10 bits per heavy atom. The lowest BCUT2D eigenvalue weighted by atomic mass is 9.57. The van der Waals surface area contributed by atoms with E-state index in [9.17, 15) is 24.0 Å². The van der Waals surface area contributed by atoms with Gasteiger partial charge in [0.15, 0.2) is 23.1 Å². The molecule has 1 aliphatic heterocycles. The molecule has 0 spiro atoms. The maximum atomic E-state index is 13.3. The molecule has 0 bridgehead atoms. The van der Waals surface area contributed by atoms with Crippen molar-refractivity contribution in [2.75, 3.05) is 6.61 Å². The van der Waals surface area contributed by atoms with Gasteiger partial charge in [-0.25, -0.2) is 4.79 Å². The molecular formula is C22H20Cl2O6. The summed E-state index contributed by atoms with van der Waals surface area (Å²) < 4.78 is 4.87. The molecular weight excluding hydrogens is 431 g/mol. The summed E-state index contributed by atoms with van der Waals surface area (Å²) in [6, 6.07) is 2.77. The van der Waals surface area contributed by atoms with Crippen molar-refractivity contribution in [3.05, 3.63) is 45.0 Å². The van der Waals surface area contributed by atoms with Crippen LogP contribution in [0.5, 0.6) is 0 Å². The highest BCUT2D eigenvalue weighted by molar-refractivity contribution is 6.42. The first-order valence-electron chi connectivity index (χ1n) is 9.32. The number of ether oxygens (including phenoxy) is 1. The number of Topliss-reactive ketones (excluding diaryl/α,β-unsaturated/α-hetero) is 4. The highest BCUT2D eigenvalue weighted by Gasteiger charge is 2.60. The van der Waals surface area contributed by atoms with Gasteiger partial charge in [0, 0.05) is 22.6 Å². The minimum atomic E-state index is -1.64. The molecule has 3 rings (SSSR count). The van der Waals surface area contributed by atoms with Crippen LogP contribution in [0.3, 0.4) is 0 Å². The summed E-state index contributed by atoms with van der Waals surface area (Å²) >= 11 is 12.7. The van der Waals surface area contributed by atoms with Crippen LogP contribution < -0.4 is 0 Å². The van der Waals surface area contributed by atoms with Crippen molar-refractivity contribution >= 4 is 52.3 Å². The second-order valence-electron chi connectivity index (χ2n) is 8.50. The van der Waals surface area contributed by atoms with Gasteiger partial charge >= 0.3 is 5.97 Å². The van der Waals surface area contributed by atoms with Gasteiger partial charge in [-0.05, 0) is 51.5 Å². The Balaban J connectivity index is 2.06. The van der Waals surface area contributed by atoms with E-state index < -0.39 is 45.9 Å². The number of hydrogen-bond acceptors (Lipinski definition) is 6. The van der Waals surface area contributed by atoms with Crippen LogP contribution in [0, 0.1) is 16.7 Å². The molecule has 1 heterocycles. The molecule has 0 N–H and O–H groups in total. The molecule has 1 fully saturated rings. The fourth-order valence-electron chi connectivity index (χ4n) is 3.92. The van der Waals surface area contributed by atoms with Gasteiger partial charge in [0.1, 0.15) is 12.5 Å². The minimum absolute atomic E-state index is 0.0405. The van der Waals surface area contributed by atoms with E-state index in [-0.39, 0.29) is 28.6 Å². The Bertz CT molecular complexity index is 1020. The SMILES string of the molecule is CC1(C)C(=O)C(C(=O)c2ccc(Cl)c(CC3=CCOC3=O)c2Cl)C(=O)C(C)(C)C1=O. The predicted octanol–water partition coefficient (Wildman–Crippen LogP) is 3.59. The first-order chi connectivity index (χ1) is 13.8. The van der Waals surface area contributed by atoms with Crippen molar-refractivity contribution in [3.63, 3.8) is 0 Å². The number of esters is 1. The second kappa shape index (κ2) is 7.43. The summed E-state index contributed by atoms with van der Waals surface area (Å²) in [7, 11) is 0. The number of rotatable bonds is 4. The van der Waals surface area contributed by atoms with E-state index in [0.717, 1.165) is 0 Å². The van der Waals surface area contributed by atoms with Crippen molar-refractivity contribution < 1.29 is 28.7 Å². The van der Waals surface area contributed by atoms with E-state index in [0.29, 0.717) is 11.1 Å². The van der Waals surface area contributed by atoms with Gasteiger partial charge in [-0.15, -0.1) is 0 Å². The summed E-state index contributed by atoms with van der Waals surface area (Å²) in [5, 5.41) is 0.190. The number of carbonyl (C=O) groups is 5. The Hall–Kier alpha value is -2.31. The third-order valence-corrected chi connectivity index (χ3v) is 6.56. The first kappa shape index (κ1) is 22.4. The molecule has 2 aliphatic rings. The summed E-state index contributed by atoms with van der Waals surface area (Å²) in [6.07, 6.45) is 1.63. The van der Waals surface area contributed by atoms with Gasteiger partial charge in [0.05, 0.1) is 15.9 Å². The molecule has 0 aromatic heterocycles. The first-order valence-corrected chi connectivity index (χ1v) is 10.1. The lowest BCUT2D eigenvalue weighted by Crippen LogP contribution is -2.59. The molecule has 30 heavy (non-hydrogen) atoms. The molecule has 1 aromatic carbocycles. The third-order valence-electron chi connectivity index (χ3n) is 5.78. The third kappa shape index (κ3) is 3.32. The molecule has 0 amide bonds. The second-order valence-corrected chi connectivity index (χ2v) is 9.28. The minimum Gasteiger partial charge on any atom is -0.458 e. The van der Waals surface area contributed by atoms with Crippen molar-refractivity contribution in [3.8, 4) is 0 Å². The average molecular weight is 451 g/mol. The highest BCUT2D eigenvalue weighted by Crippen LogP contribution is 2.43. The molecule has 1 aliphatic carbocycles. The molecule has 0 atom stereocenters. The van der Waals surface area contributed by atoms with E-state index >= 15 is 0 Å². The van der Waals surface area contributed by atoms with E-state index in [2.05, 4.69) is 0 Å². The van der Waals surface area contributed by atoms with E-state index in [1.807, 2.05) is 0 Å². The molecule has 8 heteroatoms. The monoisotopic (exact) mass is 450 g/mol. The van der Waals surface area contributed by atoms with Crippen molar-refractivity contribution in [1.82, 2.24) is 0 Å². The quantitative estimate of drug-likeness (QED) is 0.395. The van der Waals surface area contributed by atoms with Crippen molar-refractivity contribution in [2.45, 2.75) is 34.1 Å². The maximum absolute atomic E-state index is 13.3. The van der Waals surface area contributed by atoms with Gasteiger partial charge in [-0.1, -0.05) is 23.2 Å². The fraction of sp³-hybridized carbons (Fsp3) is 0.409. The Morgan fingerprint density at radius 1 is 1.03 bits per heavy atom. The largest absolute Gasteiger partial charge is 0.458 e. The molecule has 1 saturated carbocycles. The molecule has 0 unspecified atom stereocenters. The van der Waals surface area contributed by atoms with E-state index in [4.69, 9.17) is 27.9 Å². The Kier molecular flexibility index (Phi) is 5.54. The standard InChI is InChI=1S/C22H20Cl2O6/c1-21(2)17(26)14(18(27)22(3,4)20(21)29)16(25)11-5-6-13(23)12(15(11)24)9-10-7-8-30-19(10)28/h5-7,14H,8-9H2,1-4H3. The Labute approximate surface area is 183 Å². The van der Waals surface area contributed by atoms with Crippen LogP contribution >= 0.6 is 23.2 Å². The topological polar surface area (TPSA) is 94.6 Å². The number of halogens is 2. The Morgan fingerprint density at radius 2 is 1.60 bits per heavy atom. The molecule has 6 nitrogen and oxygen atoms in total. The van der Waals surface area contributed by atoms with Crippen molar-refractivity contribution in [1.29, 1.82) is 0 Å². The molecule has 0 radical (unpaired) electrons. The zero-order valence-electron chi connectivity index (χ0n) is 16.9. The van der Waals surface area contributed by atoms with Crippen LogP contribution in [0.15, 0.2) is 23.8 Å². The van der Waals surface area contributed by atoms with Crippen LogP contribution in [0.25, 0.3) is 0 Å². The highest BCUT2D eigenvalue weighted by atomic mass is 35.5. The lowest BCUT2D eigenvalue weighted by molar-refractivity contribution is -0.158. The van der Waals surface area contributed by atoms with Crippen LogP contribution in [-0.4, -0.2) is 35.7 Å². The zero-order valence-corrected chi connectivity index (χ0v) is 18.4. The summed E-state index contributed by atoms with van der Waals surface area (Å²) in [5.74, 6) is -4.96.